The minimum atomic E-state index is -0.413. The highest BCUT2D eigenvalue weighted by atomic mass is 16.3. The molecule has 0 aliphatic rings. The maximum absolute atomic E-state index is 12.3. The minimum Gasteiger partial charge on any atom is -0.393 e. The zero-order valence-corrected chi connectivity index (χ0v) is 12.7. The summed E-state index contributed by atoms with van der Waals surface area (Å²) < 4.78 is 1.76. The Labute approximate surface area is 124 Å². The first-order valence-electron chi connectivity index (χ1n) is 7.04. The zero-order chi connectivity index (χ0) is 15.4. The van der Waals surface area contributed by atoms with E-state index in [2.05, 4.69) is 5.10 Å². The van der Waals surface area contributed by atoms with E-state index in [-0.39, 0.29) is 5.91 Å². The monoisotopic (exact) mass is 287 g/mol. The van der Waals surface area contributed by atoms with E-state index >= 15 is 0 Å². The smallest absolute Gasteiger partial charge is 0.274 e. The predicted molar refractivity (Wildman–Crippen MR) is 81.6 cm³/mol. The van der Waals surface area contributed by atoms with Gasteiger partial charge in [-0.25, -0.2) is 4.68 Å². The van der Waals surface area contributed by atoms with E-state index in [4.69, 9.17) is 0 Å². The van der Waals surface area contributed by atoms with Crippen molar-refractivity contribution in [2.24, 2.45) is 0 Å². The summed E-state index contributed by atoms with van der Waals surface area (Å²) in [6.45, 7) is 4.15. The van der Waals surface area contributed by atoms with Crippen molar-refractivity contribution in [3.05, 3.63) is 47.8 Å². The van der Waals surface area contributed by atoms with Crippen LogP contribution in [-0.2, 0) is 0 Å². The van der Waals surface area contributed by atoms with Gasteiger partial charge in [0.25, 0.3) is 5.91 Å². The lowest BCUT2D eigenvalue weighted by atomic mass is 10.2. The third kappa shape index (κ3) is 3.70. The second-order valence-electron chi connectivity index (χ2n) is 5.28. The standard InChI is InChI=1S/C16H21N3O2/c1-12-11-15(16(21)18(3)10-9-13(2)20)17-19(12)14-7-5-4-6-8-14/h4-8,11,13,20H,9-10H2,1-3H3. The molecule has 0 fully saturated rings. The van der Waals surface area contributed by atoms with Gasteiger partial charge < -0.3 is 10.0 Å². The van der Waals surface area contributed by atoms with Gasteiger partial charge in [0.1, 0.15) is 0 Å². The molecule has 112 valence electrons. The number of carbonyl (C=O) groups is 1. The number of aromatic nitrogens is 2. The van der Waals surface area contributed by atoms with Gasteiger partial charge in [-0.2, -0.15) is 5.10 Å². The van der Waals surface area contributed by atoms with Crippen molar-refractivity contribution in [3.8, 4) is 5.69 Å². The van der Waals surface area contributed by atoms with Crippen LogP contribution >= 0.6 is 0 Å². The Morgan fingerprint density at radius 3 is 2.67 bits per heavy atom. The summed E-state index contributed by atoms with van der Waals surface area (Å²) in [6.07, 6.45) is 0.143. The topological polar surface area (TPSA) is 58.4 Å². The van der Waals surface area contributed by atoms with E-state index in [1.165, 1.54) is 0 Å². The first kappa shape index (κ1) is 15.3. The van der Waals surface area contributed by atoms with E-state index in [0.29, 0.717) is 18.7 Å². The van der Waals surface area contributed by atoms with E-state index < -0.39 is 6.10 Å². The molecule has 0 saturated carbocycles. The molecule has 1 atom stereocenters. The Bertz CT molecular complexity index is 605. The summed E-state index contributed by atoms with van der Waals surface area (Å²) in [7, 11) is 1.72. The summed E-state index contributed by atoms with van der Waals surface area (Å²) >= 11 is 0. The average Bonchev–Trinajstić information content (AvgIpc) is 2.86. The molecule has 0 spiro atoms. The van der Waals surface area contributed by atoms with Crippen molar-refractivity contribution in [2.45, 2.75) is 26.4 Å². The highest BCUT2D eigenvalue weighted by molar-refractivity contribution is 5.92. The minimum absolute atomic E-state index is 0.131. The Morgan fingerprint density at radius 2 is 2.05 bits per heavy atom. The van der Waals surface area contributed by atoms with Crippen LogP contribution in [-0.4, -0.2) is 45.4 Å². The fourth-order valence-corrected chi connectivity index (χ4v) is 2.09. The van der Waals surface area contributed by atoms with Crippen molar-refractivity contribution in [1.29, 1.82) is 0 Å². The molecule has 0 aliphatic heterocycles. The molecule has 1 N–H and O–H groups in total. The quantitative estimate of drug-likeness (QED) is 0.915. The van der Waals surface area contributed by atoms with Crippen molar-refractivity contribution >= 4 is 5.91 Å². The second kappa shape index (κ2) is 6.54. The van der Waals surface area contributed by atoms with Crippen molar-refractivity contribution in [2.75, 3.05) is 13.6 Å². The van der Waals surface area contributed by atoms with Gasteiger partial charge >= 0.3 is 0 Å². The van der Waals surface area contributed by atoms with Gasteiger partial charge in [-0.05, 0) is 38.5 Å². The number of hydrogen-bond donors (Lipinski definition) is 1. The van der Waals surface area contributed by atoms with Gasteiger partial charge in [0, 0.05) is 19.3 Å². The van der Waals surface area contributed by atoms with Crippen LogP contribution in [0.15, 0.2) is 36.4 Å². The number of benzene rings is 1. The first-order valence-corrected chi connectivity index (χ1v) is 7.04. The Hall–Kier alpha value is -2.14. The molecule has 1 unspecified atom stereocenters. The van der Waals surface area contributed by atoms with Crippen LogP contribution in [0.4, 0.5) is 0 Å². The third-order valence-corrected chi connectivity index (χ3v) is 3.34. The molecule has 1 aromatic carbocycles. The molecule has 0 radical (unpaired) electrons. The second-order valence-corrected chi connectivity index (χ2v) is 5.28. The molecule has 0 aliphatic carbocycles. The van der Waals surface area contributed by atoms with Crippen LogP contribution in [0.1, 0.15) is 29.5 Å². The number of aryl methyl sites for hydroxylation is 1. The maximum Gasteiger partial charge on any atom is 0.274 e. The van der Waals surface area contributed by atoms with Gasteiger partial charge in [0.15, 0.2) is 5.69 Å². The van der Waals surface area contributed by atoms with Crippen molar-refractivity contribution < 1.29 is 9.90 Å². The highest BCUT2D eigenvalue weighted by Gasteiger charge is 2.17. The van der Waals surface area contributed by atoms with Crippen LogP contribution in [0.3, 0.4) is 0 Å². The number of para-hydroxylation sites is 1. The predicted octanol–water partition coefficient (Wildman–Crippen LogP) is 2.02. The lowest BCUT2D eigenvalue weighted by molar-refractivity contribution is 0.0763. The lowest BCUT2D eigenvalue weighted by Crippen LogP contribution is -2.29. The lowest BCUT2D eigenvalue weighted by Gasteiger charge is -2.16. The van der Waals surface area contributed by atoms with Gasteiger partial charge in [0.2, 0.25) is 0 Å². The summed E-state index contributed by atoms with van der Waals surface area (Å²) in [4.78, 5) is 13.9. The molecule has 5 heteroatoms. The normalized spacial score (nSPS) is 12.2. The molecule has 0 saturated heterocycles. The van der Waals surface area contributed by atoms with E-state index in [9.17, 15) is 9.90 Å². The molecule has 1 amide bonds. The molecule has 2 aromatic rings. The largest absolute Gasteiger partial charge is 0.393 e. The number of hydrogen-bond acceptors (Lipinski definition) is 3. The summed E-state index contributed by atoms with van der Waals surface area (Å²) in [6, 6.07) is 11.5. The summed E-state index contributed by atoms with van der Waals surface area (Å²) in [5.74, 6) is -0.131. The number of aliphatic hydroxyl groups is 1. The van der Waals surface area contributed by atoms with Gasteiger partial charge in [-0.15, -0.1) is 0 Å². The SMILES string of the molecule is Cc1cc(C(=O)N(C)CCC(C)O)nn1-c1ccccc1. The number of amides is 1. The third-order valence-electron chi connectivity index (χ3n) is 3.34. The number of nitrogens with zero attached hydrogens (tertiary/aromatic N) is 3. The molecule has 2 rings (SSSR count). The summed E-state index contributed by atoms with van der Waals surface area (Å²) in [5.41, 5.74) is 2.26. The molecule has 1 heterocycles. The Balaban J connectivity index is 2.17. The molecular weight excluding hydrogens is 266 g/mol. The molecule has 0 bridgehead atoms. The van der Waals surface area contributed by atoms with Crippen LogP contribution in [0, 0.1) is 6.92 Å². The molecule has 1 aromatic heterocycles. The van der Waals surface area contributed by atoms with Crippen LogP contribution in [0.5, 0.6) is 0 Å². The Kier molecular flexibility index (Phi) is 4.75. The van der Waals surface area contributed by atoms with Crippen LogP contribution in [0.25, 0.3) is 5.69 Å². The highest BCUT2D eigenvalue weighted by Crippen LogP contribution is 2.13. The Morgan fingerprint density at radius 1 is 1.38 bits per heavy atom. The van der Waals surface area contributed by atoms with E-state index in [0.717, 1.165) is 11.4 Å². The fraction of sp³-hybridized carbons (Fsp3) is 0.375. The van der Waals surface area contributed by atoms with E-state index in [1.54, 1.807) is 29.6 Å². The van der Waals surface area contributed by atoms with E-state index in [1.807, 2.05) is 37.3 Å². The summed E-state index contributed by atoms with van der Waals surface area (Å²) in [5, 5.41) is 13.7. The number of rotatable bonds is 5. The fourth-order valence-electron chi connectivity index (χ4n) is 2.09. The zero-order valence-electron chi connectivity index (χ0n) is 12.7. The first-order chi connectivity index (χ1) is 9.99. The number of aliphatic hydroxyl groups excluding tert-OH is 1. The van der Waals surface area contributed by atoms with Gasteiger partial charge in [0.05, 0.1) is 11.8 Å². The molecule has 5 nitrogen and oxygen atoms in total. The molecular formula is C16H21N3O2. The van der Waals surface area contributed by atoms with Crippen molar-refractivity contribution in [3.63, 3.8) is 0 Å². The maximum atomic E-state index is 12.3. The van der Waals surface area contributed by atoms with Gasteiger partial charge in [-0.1, -0.05) is 18.2 Å². The molecule has 21 heavy (non-hydrogen) atoms. The van der Waals surface area contributed by atoms with Crippen molar-refractivity contribution in [1.82, 2.24) is 14.7 Å². The van der Waals surface area contributed by atoms with Crippen LogP contribution in [0.2, 0.25) is 0 Å². The average molecular weight is 287 g/mol. The van der Waals surface area contributed by atoms with Gasteiger partial charge in [-0.3, -0.25) is 4.79 Å². The number of carbonyl (C=O) groups excluding carboxylic acids is 1. The van der Waals surface area contributed by atoms with Crippen LogP contribution < -0.4 is 0 Å².